The Kier molecular flexibility index (Phi) is 3.40. The number of nitrogens with zero attached hydrogens (tertiary/aromatic N) is 3. The van der Waals surface area contributed by atoms with Gasteiger partial charge in [0.1, 0.15) is 11.6 Å². The number of halogens is 2. The van der Waals surface area contributed by atoms with Gasteiger partial charge in [-0.3, -0.25) is 4.98 Å². The van der Waals surface area contributed by atoms with Crippen LogP contribution in [0.25, 0.3) is 11.0 Å². The first kappa shape index (κ1) is 13.1. The van der Waals surface area contributed by atoms with E-state index in [1.165, 1.54) is 12.1 Å². The quantitative estimate of drug-likeness (QED) is 0.684. The van der Waals surface area contributed by atoms with Crippen molar-refractivity contribution in [3.05, 3.63) is 59.9 Å². The van der Waals surface area contributed by atoms with E-state index >= 15 is 0 Å². The van der Waals surface area contributed by atoms with Gasteiger partial charge in [-0.15, -0.1) is 11.6 Å². The minimum Gasteiger partial charge on any atom is -0.320 e. The van der Waals surface area contributed by atoms with Crippen LogP contribution in [0.1, 0.15) is 24.4 Å². The lowest BCUT2D eigenvalue weighted by atomic mass is 10.1. The Hall–Kier alpha value is -1.94. The molecule has 102 valence electrons. The zero-order chi connectivity index (χ0) is 14.1. The molecule has 1 atom stereocenters. The highest BCUT2D eigenvalue weighted by atomic mass is 35.5. The molecule has 0 saturated heterocycles. The van der Waals surface area contributed by atoms with Gasteiger partial charge in [-0.05, 0) is 36.8 Å². The van der Waals surface area contributed by atoms with E-state index in [1.54, 1.807) is 18.5 Å². The second-order valence-corrected chi connectivity index (χ2v) is 4.89. The first-order valence-corrected chi connectivity index (χ1v) is 6.86. The molecule has 0 spiro atoms. The highest BCUT2D eigenvalue weighted by Crippen LogP contribution is 2.27. The van der Waals surface area contributed by atoms with Crippen molar-refractivity contribution in [2.75, 3.05) is 0 Å². The maximum Gasteiger partial charge on any atom is 0.125 e. The van der Waals surface area contributed by atoms with Crippen molar-refractivity contribution in [3.63, 3.8) is 0 Å². The van der Waals surface area contributed by atoms with Crippen LogP contribution in [-0.4, -0.2) is 14.5 Å². The molecule has 5 heteroatoms. The topological polar surface area (TPSA) is 30.7 Å². The molecule has 1 aromatic carbocycles. The van der Waals surface area contributed by atoms with Crippen molar-refractivity contribution < 1.29 is 4.39 Å². The average molecular weight is 290 g/mol. The summed E-state index contributed by atoms with van der Waals surface area (Å²) in [6.07, 6.45) is 3.51. The molecule has 2 aromatic heterocycles. The lowest BCUT2D eigenvalue weighted by molar-refractivity contribution is 0.626. The van der Waals surface area contributed by atoms with Gasteiger partial charge in [0.25, 0.3) is 0 Å². The number of hydrogen-bond donors (Lipinski definition) is 0. The Bertz CT molecular complexity index is 739. The third kappa shape index (κ3) is 2.16. The van der Waals surface area contributed by atoms with Crippen LogP contribution in [0.4, 0.5) is 4.39 Å². The summed E-state index contributed by atoms with van der Waals surface area (Å²) in [5.74, 6) is 0.725. The van der Waals surface area contributed by atoms with E-state index in [2.05, 4.69) is 16.9 Å². The predicted octanol–water partition coefficient (Wildman–Crippen LogP) is 3.92. The number of pyridine rings is 1. The van der Waals surface area contributed by atoms with E-state index in [9.17, 15) is 4.39 Å². The standard InChI is InChI=1S/C15H13ClFN3/c1-10(11-4-6-18-7-5-11)20-14-3-2-12(17)8-13(14)19-15(20)9-16/h2-8,10H,9H2,1H3. The van der Waals surface area contributed by atoms with E-state index in [-0.39, 0.29) is 17.7 Å². The summed E-state index contributed by atoms with van der Waals surface area (Å²) in [6, 6.07) is 8.59. The van der Waals surface area contributed by atoms with Crippen LogP contribution in [0.2, 0.25) is 0 Å². The van der Waals surface area contributed by atoms with Gasteiger partial charge < -0.3 is 4.57 Å². The van der Waals surface area contributed by atoms with Gasteiger partial charge in [0, 0.05) is 18.5 Å². The molecule has 3 aromatic rings. The molecule has 20 heavy (non-hydrogen) atoms. The van der Waals surface area contributed by atoms with E-state index in [0.29, 0.717) is 5.52 Å². The molecular weight excluding hydrogens is 277 g/mol. The van der Waals surface area contributed by atoms with E-state index in [0.717, 1.165) is 16.9 Å². The number of imidazole rings is 1. The minimum atomic E-state index is -0.292. The zero-order valence-electron chi connectivity index (χ0n) is 10.9. The Balaban J connectivity index is 2.19. The third-order valence-corrected chi connectivity index (χ3v) is 3.66. The summed E-state index contributed by atoms with van der Waals surface area (Å²) in [5.41, 5.74) is 2.61. The molecule has 0 bridgehead atoms. The molecule has 0 N–H and O–H groups in total. The summed E-state index contributed by atoms with van der Waals surface area (Å²) in [7, 11) is 0. The second kappa shape index (κ2) is 5.21. The Morgan fingerprint density at radius 1 is 1.25 bits per heavy atom. The predicted molar refractivity (Wildman–Crippen MR) is 77.3 cm³/mol. The number of rotatable bonds is 3. The van der Waals surface area contributed by atoms with Crippen LogP contribution in [0, 0.1) is 5.82 Å². The molecule has 0 aliphatic rings. The van der Waals surface area contributed by atoms with Gasteiger partial charge in [0.2, 0.25) is 0 Å². The Morgan fingerprint density at radius 3 is 2.70 bits per heavy atom. The highest BCUT2D eigenvalue weighted by Gasteiger charge is 2.17. The van der Waals surface area contributed by atoms with Crippen LogP contribution in [0.15, 0.2) is 42.7 Å². The molecule has 0 aliphatic carbocycles. The molecular formula is C15H13ClFN3. The summed E-state index contributed by atoms with van der Waals surface area (Å²) in [5, 5.41) is 0. The largest absolute Gasteiger partial charge is 0.320 e. The fourth-order valence-corrected chi connectivity index (χ4v) is 2.63. The summed E-state index contributed by atoms with van der Waals surface area (Å²) in [4.78, 5) is 8.44. The molecule has 3 nitrogen and oxygen atoms in total. The van der Waals surface area contributed by atoms with Crippen LogP contribution in [0.5, 0.6) is 0 Å². The molecule has 0 saturated carbocycles. The Labute approximate surface area is 121 Å². The van der Waals surface area contributed by atoms with Crippen LogP contribution < -0.4 is 0 Å². The lowest BCUT2D eigenvalue weighted by Gasteiger charge is -2.17. The molecule has 2 heterocycles. The van der Waals surface area contributed by atoms with Gasteiger partial charge in [0.05, 0.1) is 23.0 Å². The van der Waals surface area contributed by atoms with Crippen molar-refractivity contribution >= 4 is 22.6 Å². The number of alkyl halides is 1. The fourth-order valence-electron chi connectivity index (χ4n) is 2.44. The van der Waals surface area contributed by atoms with Crippen molar-refractivity contribution in [1.29, 1.82) is 0 Å². The molecule has 0 aliphatic heterocycles. The summed E-state index contributed by atoms with van der Waals surface area (Å²) in [6.45, 7) is 2.07. The second-order valence-electron chi connectivity index (χ2n) is 4.62. The van der Waals surface area contributed by atoms with E-state index in [1.807, 2.05) is 16.7 Å². The van der Waals surface area contributed by atoms with Gasteiger partial charge in [0.15, 0.2) is 0 Å². The number of aromatic nitrogens is 3. The van der Waals surface area contributed by atoms with Gasteiger partial charge in [-0.1, -0.05) is 0 Å². The number of hydrogen-bond acceptors (Lipinski definition) is 2. The van der Waals surface area contributed by atoms with Gasteiger partial charge in [-0.25, -0.2) is 9.37 Å². The van der Waals surface area contributed by atoms with Gasteiger partial charge >= 0.3 is 0 Å². The molecule has 0 amide bonds. The maximum atomic E-state index is 13.3. The molecule has 0 radical (unpaired) electrons. The van der Waals surface area contributed by atoms with Crippen molar-refractivity contribution in [2.45, 2.75) is 18.8 Å². The Morgan fingerprint density at radius 2 is 2.00 bits per heavy atom. The zero-order valence-corrected chi connectivity index (χ0v) is 11.7. The van der Waals surface area contributed by atoms with Crippen LogP contribution in [-0.2, 0) is 5.88 Å². The SMILES string of the molecule is CC(c1ccncc1)n1c(CCl)nc2cc(F)ccc21. The van der Waals surface area contributed by atoms with Crippen molar-refractivity contribution in [1.82, 2.24) is 14.5 Å². The van der Waals surface area contributed by atoms with E-state index < -0.39 is 0 Å². The van der Waals surface area contributed by atoms with Gasteiger partial charge in [-0.2, -0.15) is 0 Å². The van der Waals surface area contributed by atoms with Crippen LogP contribution >= 0.6 is 11.6 Å². The monoisotopic (exact) mass is 289 g/mol. The molecule has 3 rings (SSSR count). The fraction of sp³-hybridized carbons (Fsp3) is 0.200. The normalized spacial score (nSPS) is 12.8. The minimum absolute atomic E-state index is 0.0576. The highest BCUT2D eigenvalue weighted by molar-refractivity contribution is 6.16. The smallest absolute Gasteiger partial charge is 0.125 e. The third-order valence-electron chi connectivity index (χ3n) is 3.42. The van der Waals surface area contributed by atoms with Crippen molar-refractivity contribution in [3.8, 4) is 0 Å². The summed E-state index contributed by atoms with van der Waals surface area (Å²) < 4.78 is 15.4. The molecule has 0 fully saturated rings. The summed E-state index contributed by atoms with van der Waals surface area (Å²) >= 11 is 5.99. The lowest BCUT2D eigenvalue weighted by Crippen LogP contribution is -2.09. The average Bonchev–Trinajstić information content (AvgIpc) is 2.84. The first-order valence-electron chi connectivity index (χ1n) is 6.33. The van der Waals surface area contributed by atoms with Crippen LogP contribution in [0.3, 0.4) is 0 Å². The first-order chi connectivity index (χ1) is 9.70. The maximum absolute atomic E-state index is 13.3. The van der Waals surface area contributed by atoms with E-state index in [4.69, 9.17) is 11.6 Å². The number of fused-ring (bicyclic) bond motifs is 1. The molecule has 1 unspecified atom stereocenters. The van der Waals surface area contributed by atoms with Crippen molar-refractivity contribution in [2.24, 2.45) is 0 Å². The number of benzene rings is 1.